The molecule has 4 aliphatic rings. The van der Waals surface area contributed by atoms with Gasteiger partial charge < -0.3 is 5.11 Å². The molecule has 0 amide bonds. The molecule has 0 saturated heterocycles. The molecule has 0 heterocycles. The largest absolute Gasteiger partial charge is 0.388 e. The van der Waals surface area contributed by atoms with Crippen LogP contribution in [0.25, 0.3) is 0 Å². The van der Waals surface area contributed by atoms with Crippen LogP contribution in [0.15, 0.2) is 35.5 Å². The molecule has 156 valence electrons. The average Bonchev–Trinajstić information content (AvgIpc) is 3.35. The fraction of sp³-hybridized carbons (Fsp3) is 0.760. The molecule has 1 nitrogen and oxygen atoms in total. The van der Waals surface area contributed by atoms with Gasteiger partial charge in [0.1, 0.15) is 0 Å². The monoisotopic (exact) mass is 418 g/mol. The van der Waals surface area contributed by atoms with Gasteiger partial charge in [0.05, 0.1) is 6.10 Å². The lowest BCUT2D eigenvalue weighted by Crippen LogP contribution is -2.40. The summed E-state index contributed by atoms with van der Waals surface area (Å²) in [4.78, 5) is 0. The van der Waals surface area contributed by atoms with Crippen LogP contribution in [0, 0.1) is 17.8 Å². The molecule has 5 unspecified atom stereocenters. The summed E-state index contributed by atoms with van der Waals surface area (Å²) in [5, 5.41) is 10.8. The van der Waals surface area contributed by atoms with E-state index in [4.69, 9.17) is 12.6 Å². The van der Waals surface area contributed by atoms with Gasteiger partial charge in [0.2, 0.25) is 0 Å². The molecule has 4 fully saturated rings. The lowest BCUT2D eigenvalue weighted by atomic mass is 9.70. The predicted molar refractivity (Wildman–Crippen MR) is 127 cm³/mol. The fourth-order valence-electron chi connectivity index (χ4n) is 6.60. The summed E-state index contributed by atoms with van der Waals surface area (Å²) in [5.74, 6) is 2.23. The Labute approximate surface area is 179 Å². The second-order valence-electron chi connectivity index (χ2n) is 10.2. The van der Waals surface area contributed by atoms with Gasteiger partial charge in [0.25, 0.3) is 0 Å². The Morgan fingerprint density at radius 3 is 2.68 bits per heavy atom. The second-order valence-corrected chi connectivity index (χ2v) is 12.6. The van der Waals surface area contributed by atoms with Gasteiger partial charge in [-0.2, -0.15) is 12.6 Å². The highest BCUT2D eigenvalue weighted by molar-refractivity contribution is 7.81. The van der Waals surface area contributed by atoms with E-state index in [0.717, 1.165) is 45.3 Å². The zero-order valence-electron chi connectivity index (χ0n) is 17.8. The van der Waals surface area contributed by atoms with Crippen LogP contribution >= 0.6 is 21.2 Å². The lowest BCUT2D eigenvalue weighted by molar-refractivity contribution is 0.191. The number of hydrogen-bond acceptors (Lipinski definition) is 2. The van der Waals surface area contributed by atoms with Crippen molar-refractivity contribution in [2.24, 2.45) is 17.8 Å². The van der Waals surface area contributed by atoms with Gasteiger partial charge in [-0.15, -0.1) is 8.58 Å². The van der Waals surface area contributed by atoms with Gasteiger partial charge in [-0.25, -0.2) is 0 Å². The fourth-order valence-corrected chi connectivity index (χ4v) is 8.58. The van der Waals surface area contributed by atoms with Crippen molar-refractivity contribution < 1.29 is 5.11 Å². The molecule has 6 atom stereocenters. The van der Waals surface area contributed by atoms with E-state index >= 15 is 0 Å². The number of allylic oxidation sites excluding steroid dienone is 3. The molecule has 0 spiro atoms. The van der Waals surface area contributed by atoms with Crippen molar-refractivity contribution in [3.05, 3.63) is 35.5 Å². The molecule has 28 heavy (non-hydrogen) atoms. The Hall–Kier alpha value is -0.0400. The summed E-state index contributed by atoms with van der Waals surface area (Å²) in [5.41, 5.74) is 3.84. The molecule has 0 aromatic heterocycles. The maximum atomic E-state index is 10.1. The standard InChI is InChI=1S/C25H39OPS/c1-17(16-24(27-3)14-15-24)21-11-12-22-20(7-5-13-25(21,22)28)10-9-19-6-4-8-23(26)18(19)2/h9-10,17,21-23,26-28H,2,4-8,11-16H2,1,3H3/b19-9-,20-10+/t17-,21?,22?,23?,25?/m1/s1. The third-order valence-corrected chi connectivity index (χ3v) is 11.2. The molecule has 0 aromatic rings. The molecular weight excluding hydrogens is 379 g/mol. The maximum absolute atomic E-state index is 10.1. The first-order valence-electron chi connectivity index (χ1n) is 11.6. The third-order valence-electron chi connectivity index (χ3n) is 8.52. The van der Waals surface area contributed by atoms with Crippen molar-refractivity contribution in [3.8, 4) is 0 Å². The number of thiol groups is 1. The van der Waals surface area contributed by atoms with E-state index in [2.05, 4.69) is 32.3 Å². The smallest absolute Gasteiger partial charge is 0.0787 e. The Morgan fingerprint density at radius 2 is 1.96 bits per heavy atom. The first-order chi connectivity index (χ1) is 13.4. The Bertz CT molecular complexity index is 676. The van der Waals surface area contributed by atoms with Crippen molar-refractivity contribution in [2.45, 2.75) is 93.6 Å². The van der Waals surface area contributed by atoms with E-state index in [1.807, 2.05) is 0 Å². The van der Waals surface area contributed by atoms with Gasteiger partial charge >= 0.3 is 0 Å². The summed E-state index contributed by atoms with van der Waals surface area (Å²) in [6.07, 6.45) is 18.2. The van der Waals surface area contributed by atoms with Crippen molar-refractivity contribution in [2.75, 3.05) is 6.66 Å². The predicted octanol–water partition coefficient (Wildman–Crippen LogP) is 6.69. The summed E-state index contributed by atoms with van der Waals surface area (Å²) < 4.78 is 0.206. The van der Waals surface area contributed by atoms with Gasteiger partial charge in [0, 0.05) is 4.75 Å². The van der Waals surface area contributed by atoms with Gasteiger partial charge in [-0.05, 0) is 111 Å². The van der Waals surface area contributed by atoms with E-state index < -0.39 is 0 Å². The highest BCUT2D eigenvalue weighted by Crippen LogP contribution is 2.61. The highest BCUT2D eigenvalue weighted by Gasteiger charge is 2.53. The molecule has 0 radical (unpaired) electrons. The molecule has 1 N–H and O–H groups in total. The molecule has 4 rings (SSSR count). The van der Waals surface area contributed by atoms with Crippen LogP contribution < -0.4 is 0 Å². The van der Waals surface area contributed by atoms with Gasteiger partial charge in [0.15, 0.2) is 0 Å². The number of aliphatic hydroxyl groups excluding tert-OH is 1. The minimum Gasteiger partial charge on any atom is -0.388 e. The first-order valence-corrected chi connectivity index (χ1v) is 13.5. The SMILES string of the molecule is C=C1/C(=C\C=C2/CCCC3(S)C2CCC3[C@H](C)CC2(PC)CC2)CCCC1O. The van der Waals surface area contributed by atoms with Crippen molar-refractivity contribution in [3.63, 3.8) is 0 Å². The molecule has 0 bridgehead atoms. The summed E-state index contributed by atoms with van der Waals surface area (Å²) in [7, 11) is 1.11. The Balaban J connectivity index is 1.50. The molecular formula is C25H39OPS. The van der Waals surface area contributed by atoms with Crippen LogP contribution in [0.2, 0.25) is 0 Å². The van der Waals surface area contributed by atoms with Crippen LogP contribution in [-0.2, 0) is 0 Å². The minimum atomic E-state index is -0.334. The summed E-state index contributed by atoms with van der Waals surface area (Å²) in [6, 6.07) is 0. The number of rotatable bonds is 5. The van der Waals surface area contributed by atoms with Gasteiger partial charge in [-0.3, -0.25) is 0 Å². The summed E-state index contributed by atoms with van der Waals surface area (Å²) in [6.45, 7) is 9.08. The van der Waals surface area contributed by atoms with Crippen molar-refractivity contribution in [1.82, 2.24) is 0 Å². The summed E-state index contributed by atoms with van der Waals surface area (Å²) >= 11 is 5.44. The van der Waals surface area contributed by atoms with Crippen LogP contribution in [0.1, 0.15) is 77.6 Å². The zero-order valence-corrected chi connectivity index (χ0v) is 19.7. The van der Waals surface area contributed by atoms with Crippen LogP contribution in [0.4, 0.5) is 0 Å². The van der Waals surface area contributed by atoms with Crippen molar-refractivity contribution >= 4 is 21.2 Å². The van der Waals surface area contributed by atoms with Gasteiger partial charge in [-0.1, -0.05) is 31.2 Å². The van der Waals surface area contributed by atoms with Crippen LogP contribution in [0.3, 0.4) is 0 Å². The van der Waals surface area contributed by atoms with Crippen LogP contribution in [-0.4, -0.2) is 27.8 Å². The topological polar surface area (TPSA) is 20.2 Å². The lowest BCUT2D eigenvalue weighted by Gasteiger charge is -2.44. The minimum absolute atomic E-state index is 0.206. The van der Waals surface area contributed by atoms with E-state index in [-0.39, 0.29) is 10.9 Å². The quantitative estimate of drug-likeness (QED) is 0.377. The van der Waals surface area contributed by atoms with E-state index in [0.29, 0.717) is 11.1 Å². The third kappa shape index (κ3) is 3.95. The number of aliphatic hydroxyl groups is 1. The second kappa shape index (κ2) is 8.24. The molecule has 4 saturated carbocycles. The van der Waals surface area contributed by atoms with Crippen LogP contribution in [0.5, 0.6) is 0 Å². The van der Waals surface area contributed by atoms with Crippen molar-refractivity contribution in [1.29, 1.82) is 0 Å². The number of fused-ring (bicyclic) bond motifs is 1. The number of hydrogen-bond donors (Lipinski definition) is 2. The molecule has 0 aromatic carbocycles. The zero-order chi connectivity index (χ0) is 19.9. The molecule has 3 heteroatoms. The highest BCUT2D eigenvalue weighted by atomic mass is 32.1. The first kappa shape index (κ1) is 21.2. The van der Waals surface area contributed by atoms with E-state index in [1.54, 1.807) is 5.57 Å². The molecule has 4 aliphatic carbocycles. The van der Waals surface area contributed by atoms with E-state index in [1.165, 1.54) is 56.9 Å². The maximum Gasteiger partial charge on any atom is 0.0787 e. The average molecular weight is 419 g/mol. The normalized spacial score (nSPS) is 41.7. The Kier molecular flexibility index (Phi) is 6.24. The molecule has 0 aliphatic heterocycles. The van der Waals surface area contributed by atoms with E-state index in [9.17, 15) is 5.11 Å². The Morgan fingerprint density at radius 1 is 1.18 bits per heavy atom.